The number of halogens is 2. The second kappa shape index (κ2) is 23.7. The van der Waals surface area contributed by atoms with E-state index in [2.05, 4.69) is 19.9 Å². The number of aldehydes is 1. The molecule has 0 N–H and O–H groups in total. The number of ether oxygens (including phenoxy) is 6. The van der Waals surface area contributed by atoms with E-state index in [-0.39, 0.29) is 37.1 Å². The van der Waals surface area contributed by atoms with Crippen LogP contribution in [0.3, 0.4) is 0 Å². The van der Waals surface area contributed by atoms with Crippen LogP contribution in [0.5, 0.6) is 17.4 Å². The summed E-state index contributed by atoms with van der Waals surface area (Å²) in [4.78, 5) is 63.8. The zero-order valence-electron chi connectivity index (χ0n) is 41.5. The normalized spacial score (nSPS) is 13.3. The number of carbonyl (C=O) groups is 3. The number of fused-ring (bicyclic) bond motifs is 1. The highest BCUT2D eigenvalue weighted by atomic mass is 35.5. The number of carbonyl (C=O) groups excluding carboxylic acids is 3. The summed E-state index contributed by atoms with van der Waals surface area (Å²) in [5, 5.41) is 0.726. The van der Waals surface area contributed by atoms with Crippen molar-refractivity contribution in [2.45, 2.75) is 65.9 Å². The molecule has 1 aliphatic rings. The highest BCUT2D eigenvalue weighted by Gasteiger charge is 2.30. The van der Waals surface area contributed by atoms with Crippen molar-refractivity contribution in [3.63, 3.8) is 0 Å². The molecule has 4 aromatic carbocycles. The van der Waals surface area contributed by atoms with Gasteiger partial charge < -0.3 is 33.3 Å². The molecule has 7 aromatic rings. The van der Waals surface area contributed by atoms with Crippen molar-refractivity contribution in [2.24, 2.45) is 0 Å². The van der Waals surface area contributed by atoms with E-state index < -0.39 is 29.6 Å². The molecule has 0 aliphatic carbocycles. The lowest BCUT2D eigenvalue weighted by molar-refractivity contribution is -0.151. The Labute approximate surface area is 432 Å². The SMILES string of the molecule is CCOC(=O)[C@@H](Cc1cc(CN(CCN2CCOCC2)C(=O)OC(C)(C)C)ccc1OCc1ccnc(-c2ccccc2OC)n1)Oc1ncnc2sc(-c3ccc(F)cc3)c(-c3ccc(C=O)c(Cl)c3C)c12. The molecular weight excluding hydrogens is 975 g/mol. The van der Waals surface area contributed by atoms with Crippen LogP contribution < -0.4 is 14.2 Å². The molecule has 0 bridgehead atoms. The van der Waals surface area contributed by atoms with Crippen LogP contribution in [0.4, 0.5) is 9.18 Å². The molecule has 3 aromatic heterocycles. The number of hydrogen-bond donors (Lipinski definition) is 0. The summed E-state index contributed by atoms with van der Waals surface area (Å²) in [6.45, 7) is 13.0. The number of aromatic nitrogens is 4. The van der Waals surface area contributed by atoms with Crippen molar-refractivity contribution in [1.82, 2.24) is 29.7 Å². The molecule has 73 heavy (non-hydrogen) atoms. The van der Waals surface area contributed by atoms with Gasteiger partial charge in [0, 0.05) is 61.3 Å². The summed E-state index contributed by atoms with van der Waals surface area (Å²) in [5.41, 5.74) is 4.70. The fraction of sp³-hybridized carbons (Fsp3) is 0.327. The van der Waals surface area contributed by atoms with E-state index in [1.54, 1.807) is 68.5 Å². The van der Waals surface area contributed by atoms with Gasteiger partial charge in [0.15, 0.2) is 12.1 Å². The van der Waals surface area contributed by atoms with Crippen molar-refractivity contribution in [2.75, 3.05) is 53.1 Å². The van der Waals surface area contributed by atoms with Gasteiger partial charge in [-0.25, -0.2) is 33.9 Å². The second-order valence-electron chi connectivity index (χ2n) is 18.2. The zero-order valence-corrected chi connectivity index (χ0v) is 43.1. The molecule has 8 rings (SSSR count). The zero-order chi connectivity index (χ0) is 51.6. The molecule has 1 saturated heterocycles. The first-order valence-electron chi connectivity index (χ1n) is 23.8. The average Bonchev–Trinajstić information content (AvgIpc) is 3.78. The Hall–Kier alpha value is -7.05. The van der Waals surface area contributed by atoms with E-state index in [1.807, 2.05) is 57.2 Å². The Morgan fingerprint density at radius 3 is 2.49 bits per heavy atom. The minimum absolute atomic E-state index is 0.0211. The third kappa shape index (κ3) is 12.8. The van der Waals surface area contributed by atoms with Crippen LogP contribution in [0.25, 0.3) is 43.2 Å². The Morgan fingerprint density at radius 2 is 1.75 bits per heavy atom. The van der Waals surface area contributed by atoms with Crippen LogP contribution in [-0.2, 0) is 38.6 Å². The smallest absolute Gasteiger partial charge is 0.410 e. The Balaban J connectivity index is 1.20. The molecule has 0 radical (unpaired) electrons. The molecule has 1 atom stereocenters. The lowest BCUT2D eigenvalue weighted by atomic mass is 9.95. The first kappa shape index (κ1) is 52.3. The minimum atomic E-state index is -1.31. The van der Waals surface area contributed by atoms with Crippen LogP contribution in [0.2, 0.25) is 5.02 Å². The van der Waals surface area contributed by atoms with Gasteiger partial charge in [-0.15, -0.1) is 11.3 Å². The molecule has 1 fully saturated rings. The number of methoxy groups -OCH3 is 1. The van der Waals surface area contributed by atoms with E-state index >= 15 is 0 Å². The molecule has 0 saturated carbocycles. The van der Waals surface area contributed by atoms with Crippen LogP contribution >= 0.6 is 22.9 Å². The maximum Gasteiger partial charge on any atom is 0.410 e. The van der Waals surface area contributed by atoms with Crippen LogP contribution in [0.1, 0.15) is 60.4 Å². The van der Waals surface area contributed by atoms with E-state index in [1.165, 1.54) is 29.8 Å². The summed E-state index contributed by atoms with van der Waals surface area (Å²) in [6.07, 6.45) is 1.84. The largest absolute Gasteiger partial charge is 0.496 e. The molecule has 18 heteroatoms. The van der Waals surface area contributed by atoms with Crippen molar-refractivity contribution in [3.8, 4) is 50.3 Å². The quantitative estimate of drug-likeness (QED) is 0.0555. The van der Waals surface area contributed by atoms with Gasteiger partial charge in [-0.2, -0.15) is 0 Å². The monoisotopic (exact) mass is 1030 g/mol. The number of rotatable bonds is 19. The van der Waals surface area contributed by atoms with Gasteiger partial charge in [0.25, 0.3) is 0 Å². The summed E-state index contributed by atoms with van der Waals surface area (Å²) < 4.78 is 50.4. The molecule has 1 amide bonds. The highest BCUT2D eigenvalue weighted by molar-refractivity contribution is 7.22. The first-order chi connectivity index (χ1) is 35.2. The number of benzene rings is 4. The number of para-hydroxylation sites is 1. The average molecular weight is 1030 g/mol. The molecule has 1 aliphatic heterocycles. The predicted octanol–water partition coefficient (Wildman–Crippen LogP) is 10.6. The minimum Gasteiger partial charge on any atom is -0.496 e. The molecule has 380 valence electrons. The third-order valence-corrected chi connectivity index (χ3v) is 13.6. The van der Waals surface area contributed by atoms with E-state index in [9.17, 15) is 18.8 Å². The van der Waals surface area contributed by atoms with Gasteiger partial charge >= 0.3 is 12.1 Å². The summed E-state index contributed by atoms with van der Waals surface area (Å²) in [5.74, 6) is 0.474. The number of amides is 1. The maximum absolute atomic E-state index is 14.3. The topological polar surface area (TPSA) is 165 Å². The fourth-order valence-corrected chi connectivity index (χ4v) is 9.72. The number of morpholine rings is 1. The second-order valence-corrected chi connectivity index (χ2v) is 19.5. The number of nitrogens with zero attached hydrogens (tertiary/aromatic N) is 6. The van der Waals surface area contributed by atoms with Gasteiger partial charge in [0.2, 0.25) is 12.0 Å². The van der Waals surface area contributed by atoms with Crippen LogP contribution in [0.15, 0.2) is 97.5 Å². The van der Waals surface area contributed by atoms with Gasteiger partial charge in [-0.3, -0.25) is 9.69 Å². The predicted molar refractivity (Wildman–Crippen MR) is 277 cm³/mol. The summed E-state index contributed by atoms with van der Waals surface area (Å²) >= 11 is 8.12. The fourth-order valence-electron chi connectivity index (χ4n) is 8.36. The van der Waals surface area contributed by atoms with E-state index in [4.69, 9.17) is 45.0 Å². The maximum atomic E-state index is 14.3. The summed E-state index contributed by atoms with van der Waals surface area (Å²) in [7, 11) is 1.59. The van der Waals surface area contributed by atoms with Crippen LogP contribution in [-0.4, -0.2) is 113 Å². The molecule has 0 spiro atoms. The van der Waals surface area contributed by atoms with Gasteiger partial charge in [0.05, 0.1) is 48.6 Å². The Bertz CT molecular complexity index is 3090. The Morgan fingerprint density at radius 1 is 0.973 bits per heavy atom. The summed E-state index contributed by atoms with van der Waals surface area (Å²) in [6, 6.07) is 24.3. The third-order valence-electron chi connectivity index (χ3n) is 12.0. The lowest BCUT2D eigenvalue weighted by Gasteiger charge is -2.31. The molecule has 15 nitrogen and oxygen atoms in total. The van der Waals surface area contributed by atoms with Crippen molar-refractivity contribution in [1.29, 1.82) is 0 Å². The standard InChI is InChI=1S/C55H56ClFN6O9S/c1-7-69-53(65)45(71-51-47-46(41-18-15-37(31-64)48(56)34(41)2)49(73-52(47)60-33-59-51)36-13-16-39(57)17-14-36)29-38-28-35(30-63(54(66)72-55(3,4)5)23-22-62-24-26-68-27-25-62)12-19-43(38)70-32-40-20-21-58-50(61-40)42-10-8-9-11-44(42)67-6/h8-21,28,31,33,45H,7,22-27,29-30,32H2,1-6H3/t45-/m1/s1. The van der Waals surface area contributed by atoms with Crippen LogP contribution in [0, 0.1) is 12.7 Å². The van der Waals surface area contributed by atoms with Gasteiger partial charge in [-0.1, -0.05) is 54.1 Å². The highest BCUT2D eigenvalue weighted by Crippen LogP contribution is 2.49. The van der Waals surface area contributed by atoms with Gasteiger partial charge in [-0.05, 0) is 105 Å². The van der Waals surface area contributed by atoms with Crippen molar-refractivity contribution >= 4 is 51.5 Å². The first-order valence-corrected chi connectivity index (χ1v) is 25.0. The number of hydrogen-bond acceptors (Lipinski definition) is 15. The van der Waals surface area contributed by atoms with E-state index in [0.29, 0.717) is 110 Å². The van der Waals surface area contributed by atoms with Crippen molar-refractivity contribution < 1.29 is 47.2 Å². The molecule has 0 unspecified atom stereocenters. The number of thiophene rings is 1. The van der Waals surface area contributed by atoms with Crippen molar-refractivity contribution in [3.05, 3.63) is 136 Å². The van der Waals surface area contributed by atoms with Gasteiger partial charge in [0.1, 0.15) is 40.7 Å². The lowest BCUT2D eigenvalue weighted by Crippen LogP contribution is -2.44. The molecular formula is C55H56ClFN6O9S. The number of esters is 1. The van der Waals surface area contributed by atoms with E-state index in [0.717, 1.165) is 18.7 Å². The Kier molecular flexibility index (Phi) is 16.9. The molecule has 4 heterocycles.